The van der Waals surface area contributed by atoms with Crippen LogP contribution >= 0.6 is 27.3 Å². The maximum absolute atomic E-state index is 4.72. The number of aromatic nitrogens is 2. The van der Waals surface area contributed by atoms with Gasteiger partial charge in [0, 0.05) is 22.5 Å². The molecule has 0 bridgehead atoms. The Bertz CT molecular complexity index is 572. The molecule has 0 spiro atoms. The van der Waals surface area contributed by atoms with E-state index in [1.54, 1.807) is 11.3 Å². The standard InChI is InChI=1S/C14H18BrN3S/c1-5-16-11-8-10(12-9(15)6-7-19-12)17-13(18-11)14(2,3)4/h6-8H,5H2,1-4H3,(H,16,17,18). The fourth-order valence-electron chi connectivity index (χ4n) is 1.65. The van der Waals surface area contributed by atoms with Gasteiger partial charge in [-0.05, 0) is 34.3 Å². The second-order valence-electron chi connectivity index (χ2n) is 5.34. The van der Waals surface area contributed by atoms with Gasteiger partial charge in [0.05, 0.1) is 10.6 Å². The van der Waals surface area contributed by atoms with Gasteiger partial charge in [-0.1, -0.05) is 20.8 Å². The fraction of sp³-hybridized carbons (Fsp3) is 0.429. The van der Waals surface area contributed by atoms with Crippen LogP contribution in [-0.4, -0.2) is 16.5 Å². The van der Waals surface area contributed by atoms with Crippen LogP contribution in [-0.2, 0) is 5.41 Å². The van der Waals surface area contributed by atoms with Crippen LogP contribution in [0.3, 0.4) is 0 Å². The number of anilines is 1. The molecule has 0 aliphatic heterocycles. The molecule has 0 saturated heterocycles. The summed E-state index contributed by atoms with van der Waals surface area (Å²) in [6, 6.07) is 4.06. The van der Waals surface area contributed by atoms with E-state index in [-0.39, 0.29) is 5.41 Å². The van der Waals surface area contributed by atoms with Gasteiger partial charge in [0.1, 0.15) is 11.6 Å². The lowest BCUT2D eigenvalue weighted by atomic mass is 9.95. The first-order valence-electron chi connectivity index (χ1n) is 6.28. The summed E-state index contributed by atoms with van der Waals surface area (Å²) in [7, 11) is 0. The van der Waals surface area contributed by atoms with E-state index in [0.717, 1.165) is 33.2 Å². The van der Waals surface area contributed by atoms with Gasteiger partial charge in [0.25, 0.3) is 0 Å². The van der Waals surface area contributed by atoms with Gasteiger partial charge < -0.3 is 5.32 Å². The Hall–Kier alpha value is -0.940. The van der Waals surface area contributed by atoms with E-state index in [0.29, 0.717) is 0 Å². The van der Waals surface area contributed by atoms with Gasteiger partial charge in [-0.25, -0.2) is 9.97 Å². The molecule has 0 atom stereocenters. The number of nitrogens with zero attached hydrogens (tertiary/aromatic N) is 2. The highest BCUT2D eigenvalue weighted by molar-refractivity contribution is 9.10. The van der Waals surface area contributed by atoms with Crippen molar-refractivity contribution in [3.05, 3.63) is 27.8 Å². The SMILES string of the molecule is CCNc1cc(-c2sccc2Br)nc(C(C)(C)C)n1. The topological polar surface area (TPSA) is 37.8 Å². The highest BCUT2D eigenvalue weighted by Gasteiger charge is 2.20. The summed E-state index contributed by atoms with van der Waals surface area (Å²) in [6.07, 6.45) is 0. The number of hydrogen-bond acceptors (Lipinski definition) is 4. The van der Waals surface area contributed by atoms with Crippen LogP contribution in [0.25, 0.3) is 10.6 Å². The van der Waals surface area contributed by atoms with Gasteiger partial charge >= 0.3 is 0 Å². The number of halogens is 1. The van der Waals surface area contributed by atoms with Crippen molar-refractivity contribution < 1.29 is 0 Å². The molecule has 0 aromatic carbocycles. The molecule has 102 valence electrons. The summed E-state index contributed by atoms with van der Waals surface area (Å²) in [5.41, 5.74) is 0.905. The third-order valence-corrected chi connectivity index (χ3v) is 4.46. The van der Waals surface area contributed by atoms with Crippen molar-refractivity contribution in [3.8, 4) is 10.6 Å². The molecular formula is C14H18BrN3S. The zero-order valence-corrected chi connectivity index (χ0v) is 14.0. The predicted octanol–water partition coefficient (Wildman–Crippen LogP) is 4.70. The molecule has 3 nitrogen and oxygen atoms in total. The third-order valence-electron chi connectivity index (χ3n) is 2.60. The number of rotatable bonds is 3. The minimum Gasteiger partial charge on any atom is -0.370 e. The highest BCUT2D eigenvalue weighted by atomic mass is 79.9. The minimum atomic E-state index is -0.0656. The van der Waals surface area contributed by atoms with Crippen molar-refractivity contribution in [3.63, 3.8) is 0 Å². The molecule has 0 fully saturated rings. The normalized spacial score (nSPS) is 11.6. The summed E-state index contributed by atoms with van der Waals surface area (Å²) in [6.45, 7) is 9.31. The molecule has 2 aromatic heterocycles. The van der Waals surface area contributed by atoms with Crippen molar-refractivity contribution in [2.45, 2.75) is 33.1 Å². The lowest BCUT2D eigenvalue weighted by Gasteiger charge is -2.18. The lowest BCUT2D eigenvalue weighted by Crippen LogP contribution is -2.17. The Morgan fingerprint density at radius 1 is 1.32 bits per heavy atom. The molecule has 0 unspecified atom stereocenters. The Morgan fingerprint density at radius 2 is 2.05 bits per heavy atom. The molecule has 2 heterocycles. The maximum atomic E-state index is 4.72. The zero-order chi connectivity index (χ0) is 14.0. The van der Waals surface area contributed by atoms with Crippen LogP contribution in [0.4, 0.5) is 5.82 Å². The molecule has 0 aliphatic rings. The zero-order valence-electron chi connectivity index (χ0n) is 11.6. The van der Waals surface area contributed by atoms with Gasteiger partial charge in [-0.2, -0.15) is 0 Å². The largest absolute Gasteiger partial charge is 0.370 e. The summed E-state index contributed by atoms with van der Waals surface area (Å²) >= 11 is 5.25. The first-order valence-corrected chi connectivity index (χ1v) is 7.96. The van der Waals surface area contributed by atoms with Crippen LogP contribution in [0, 0.1) is 0 Å². The Balaban J connectivity index is 2.55. The first kappa shape index (κ1) is 14.5. The summed E-state index contributed by atoms with van der Waals surface area (Å²) in [5.74, 6) is 1.75. The Labute approximate surface area is 126 Å². The van der Waals surface area contributed by atoms with Crippen molar-refractivity contribution >= 4 is 33.1 Å². The average molecular weight is 340 g/mol. The Morgan fingerprint density at radius 3 is 2.58 bits per heavy atom. The van der Waals surface area contributed by atoms with E-state index >= 15 is 0 Å². The van der Waals surface area contributed by atoms with Crippen molar-refractivity contribution in [1.82, 2.24) is 9.97 Å². The summed E-state index contributed by atoms with van der Waals surface area (Å²) < 4.78 is 1.08. The molecule has 0 radical (unpaired) electrons. The molecule has 1 N–H and O–H groups in total. The van der Waals surface area contributed by atoms with E-state index in [9.17, 15) is 0 Å². The van der Waals surface area contributed by atoms with E-state index in [4.69, 9.17) is 4.98 Å². The first-order chi connectivity index (χ1) is 8.91. The van der Waals surface area contributed by atoms with Gasteiger partial charge in [0.15, 0.2) is 0 Å². The van der Waals surface area contributed by atoms with Crippen LogP contribution < -0.4 is 5.32 Å². The molecule has 2 rings (SSSR count). The van der Waals surface area contributed by atoms with Crippen molar-refractivity contribution in [2.75, 3.05) is 11.9 Å². The molecular weight excluding hydrogens is 322 g/mol. The summed E-state index contributed by atoms with van der Waals surface area (Å²) in [5, 5.41) is 5.34. The third kappa shape index (κ3) is 3.34. The second-order valence-corrected chi connectivity index (χ2v) is 7.11. The quantitative estimate of drug-likeness (QED) is 0.880. The minimum absolute atomic E-state index is 0.0656. The predicted molar refractivity (Wildman–Crippen MR) is 85.9 cm³/mol. The van der Waals surface area contributed by atoms with Crippen LogP contribution in [0.1, 0.15) is 33.5 Å². The molecule has 5 heteroatoms. The van der Waals surface area contributed by atoms with Crippen LogP contribution in [0.2, 0.25) is 0 Å². The average Bonchev–Trinajstić information content (AvgIpc) is 2.74. The highest BCUT2D eigenvalue weighted by Crippen LogP contribution is 2.34. The van der Waals surface area contributed by atoms with Gasteiger partial charge in [0.2, 0.25) is 0 Å². The van der Waals surface area contributed by atoms with Crippen molar-refractivity contribution in [2.24, 2.45) is 0 Å². The van der Waals surface area contributed by atoms with Crippen LogP contribution in [0.15, 0.2) is 22.0 Å². The molecule has 2 aromatic rings. The van der Waals surface area contributed by atoms with E-state index in [1.165, 1.54) is 0 Å². The van der Waals surface area contributed by atoms with E-state index < -0.39 is 0 Å². The van der Waals surface area contributed by atoms with Gasteiger partial charge in [-0.3, -0.25) is 0 Å². The van der Waals surface area contributed by atoms with Gasteiger partial charge in [-0.15, -0.1) is 11.3 Å². The molecule has 0 aliphatic carbocycles. The molecule has 0 saturated carbocycles. The number of thiophene rings is 1. The Kier molecular flexibility index (Phi) is 4.26. The lowest BCUT2D eigenvalue weighted by molar-refractivity contribution is 0.547. The second kappa shape index (κ2) is 5.59. The van der Waals surface area contributed by atoms with E-state index in [2.05, 4.69) is 59.3 Å². The monoisotopic (exact) mass is 339 g/mol. The number of nitrogens with one attached hydrogen (secondary N) is 1. The number of hydrogen-bond donors (Lipinski definition) is 1. The van der Waals surface area contributed by atoms with Crippen molar-refractivity contribution in [1.29, 1.82) is 0 Å². The fourth-order valence-corrected chi connectivity index (χ4v) is 3.18. The molecule has 19 heavy (non-hydrogen) atoms. The summed E-state index contributed by atoms with van der Waals surface area (Å²) in [4.78, 5) is 10.5. The maximum Gasteiger partial charge on any atom is 0.136 e. The van der Waals surface area contributed by atoms with Crippen LogP contribution in [0.5, 0.6) is 0 Å². The molecule has 0 amide bonds. The smallest absolute Gasteiger partial charge is 0.136 e. The van der Waals surface area contributed by atoms with E-state index in [1.807, 2.05) is 12.1 Å².